The van der Waals surface area contributed by atoms with Crippen molar-refractivity contribution in [3.8, 4) is 0 Å². The first-order valence-electron chi connectivity index (χ1n) is 6.99. The van der Waals surface area contributed by atoms with Gasteiger partial charge in [-0.3, -0.25) is 4.99 Å². The van der Waals surface area contributed by atoms with Crippen molar-refractivity contribution >= 4 is 23.1 Å². The molecule has 2 aromatic rings. The van der Waals surface area contributed by atoms with Crippen LogP contribution in [0.1, 0.15) is 23.6 Å². The molecule has 0 fully saturated rings. The number of halogens is 1. The van der Waals surface area contributed by atoms with Crippen LogP contribution in [-0.4, -0.2) is 12.4 Å². The number of anilines is 1. The second-order valence-corrected chi connectivity index (χ2v) is 5.79. The van der Waals surface area contributed by atoms with E-state index in [9.17, 15) is 0 Å². The summed E-state index contributed by atoms with van der Waals surface area (Å²) in [6.45, 7) is 0.938. The van der Waals surface area contributed by atoms with E-state index in [0.29, 0.717) is 0 Å². The lowest BCUT2D eigenvalue weighted by atomic mass is 10.0. The Balaban J connectivity index is 1.70. The van der Waals surface area contributed by atoms with Crippen molar-refractivity contribution in [1.82, 2.24) is 0 Å². The lowest BCUT2D eigenvalue weighted by Gasteiger charge is -2.28. The van der Waals surface area contributed by atoms with Crippen molar-refractivity contribution in [3.63, 3.8) is 0 Å². The summed E-state index contributed by atoms with van der Waals surface area (Å²) in [6, 6.07) is 17.0. The molecule has 0 saturated carbocycles. The van der Waals surface area contributed by atoms with E-state index in [0.717, 1.165) is 24.4 Å². The Labute approximate surface area is 123 Å². The predicted octanol–water partition coefficient (Wildman–Crippen LogP) is 4.25. The van der Waals surface area contributed by atoms with Crippen LogP contribution < -0.4 is 4.90 Å². The molecule has 0 aromatic heterocycles. The lowest BCUT2D eigenvalue weighted by Crippen LogP contribution is -2.32. The average molecular weight is 283 g/mol. The standard InChI is InChI=1S/C17H15ClN2/c18-14-7-8-16-13(10-14)6-9-17-19-15(11-20(16)17)12-4-2-1-3-5-12/h1-5,7-8,10,15H,6,9,11H2/t15-/m0/s1. The number of benzene rings is 2. The molecular weight excluding hydrogens is 268 g/mol. The van der Waals surface area contributed by atoms with Gasteiger partial charge >= 0.3 is 0 Å². The minimum Gasteiger partial charge on any atom is -0.327 e. The Morgan fingerprint density at radius 1 is 1.05 bits per heavy atom. The fourth-order valence-electron chi connectivity index (χ4n) is 3.12. The number of aliphatic imine (C=N–C) groups is 1. The van der Waals surface area contributed by atoms with Gasteiger partial charge in [0.2, 0.25) is 0 Å². The quantitative estimate of drug-likeness (QED) is 0.764. The zero-order valence-electron chi connectivity index (χ0n) is 11.1. The van der Waals surface area contributed by atoms with Crippen molar-refractivity contribution < 1.29 is 0 Å². The Hall–Kier alpha value is -1.80. The molecule has 0 N–H and O–H groups in total. The molecule has 0 unspecified atom stereocenters. The molecule has 0 aliphatic carbocycles. The number of aryl methyl sites for hydroxylation is 1. The maximum atomic E-state index is 6.10. The normalized spacial score (nSPS) is 20.4. The summed E-state index contributed by atoms with van der Waals surface area (Å²) < 4.78 is 0. The lowest BCUT2D eigenvalue weighted by molar-refractivity contribution is 0.778. The van der Waals surface area contributed by atoms with Gasteiger partial charge in [0.15, 0.2) is 0 Å². The summed E-state index contributed by atoms with van der Waals surface area (Å²) in [4.78, 5) is 7.27. The summed E-state index contributed by atoms with van der Waals surface area (Å²) in [7, 11) is 0. The molecule has 20 heavy (non-hydrogen) atoms. The topological polar surface area (TPSA) is 15.6 Å². The molecule has 1 atom stereocenters. The highest BCUT2D eigenvalue weighted by molar-refractivity contribution is 6.30. The minimum atomic E-state index is 0.257. The van der Waals surface area contributed by atoms with E-state index in [1.54, 1.807) is 0 Å². The van der Waals surface area contributed by atoms with Crippen molar-refractivity contribution in [2.24, 2.45) is 4.99 Å². The maximum absolute atomic E-state index is 6.10. The first-order chi connectivity index (χ1) is 9.81. The molecule has 0 bridgehead atoms. The van der Waals surface area contributed by atoms with Gasteiger partial charge in [-0.25, -0.2) is 0 Å². The second kappa shape index (κ2) is 4.64. The molecule has 2 aromatic carbocycles. The van der Waals surface area contributed by atoms with E-state index in [-0.39, 0.29) is 6.04 Å². The molecule has 100 valence electrons. The summed E-state index contributed by atoms with van der Waals surface area (Å²) in [5, 5.41) is 0.822. The monoisotopic (exact) mass is 282 g/mol. The van der Waals surface area contributed by atoms with Gasteiger partial charge in [-0.15, -0.1) is 0 Å². The van der Waals surface area contributed by atoms with Crippen LogP contribution in [0.3, 0.4) is 0 Å². The van der Waals surface area contributed by atoms with Crippen LogP contribution in [0, 0.1) is 0 Å². The largest absolute Gasteiger partial charge is 0.327 e. The van der Waals surface area contributed by atoms with Crippen molar-refractivity contribution in [2.75, 3.05) is 11.4 Å². The van der Waals surface area contributed by atoms with E-state index in [4.69, 9.17) is 16.6 Å². The highest BCUT2D eigenvalue weighted by atomic mass is 35.5. The SMILES string of the molecule is Clc1ccc2c(c1)CCC1=N[C@H](c3ccccc3)CN12. The van der Waals surface area contributed by atoms with Crippen LogP contribution in [0.25, 0.3) is 0 Å². The zero-order chi connectivity index (χ0) is 13.5. The Bertz CT molecular complexity index is 679. The zero-order valence-corrected chi connectivity index (χ0v) is 11.8. The molecule has 2 aliphatic rings. The Morgan fingerprint density at radius 3 is 2.75 bits per heavy atom. The van der Waals surface area contributed by atoms with Crippen LogP contribution in [0.5, 0.6) is 0 Å². The Kier molecular flexibility index (Phi) is 2.78. The third kappa shape index (κ3) is 1.92. The minimum absolute atomic E-state index is 0.257. The predicted molar refractivity (Wildman–Crippen MR) is 83.7 cm³/mol. The van der Waals surface area contributed by atoms with Crippen molar-refractivity contribution in [2.45, 2.75) is 18.9 Å². The van der Waals surface area contributed by atoms with Crippen LogP contribution in [-0.2, 0) is 6.42 Å². The molecule has 0 amide bonds. The number of rotatable bonds is 1. The van der Waals surface area contributed by atoms with Gasteiger partial charge in [-0.05, 0) is 35.7 Å². The van der Waals surface area contributed by atoms with Gasteiger partial charge in [0, 0.05) is 17.1 Å². The molecule has 2 nitrogen and oxygen atoms in total. The van der Waals surface area contributed by atoms with Crippen LogP contribution in [0.15, 0.2) is 53.5 Å². The van der Waals surface area contributed by atoms with Crippen molar-refractivity contribution in [1.29, 1.82) is 0 Å². The fourth-order valence-corrected chi connectivity index (χ4v) is 3.32. The van der Waals surface area contributed by atoms with Crippen molar-refractivity contribution in [3.05, 3.63) is 64.7 Å². The van der Waals surface area contributed by atoms with E-state index < -0.39 is 0 Å². The summed E-state index contributed by atoms with van der Waals surface area (Å²) >= 11 is 6.10. The highest BCUT2D eigenvalue weighted by Gasteiger charge is 2.31. The van der Waals surface area contributed by atoms with Crippen LogP contribution >= 0.6 is 11.6 Å². The third-order valence-electron chi connectivity index (χ3n) is 4.11. The summed E-state index contributed by atoms with van der Waals surface area (Å²) in [6.07, 6.45) is 2.05. The maximum Gasteiger partial charge on any atom is 0.105 e. The molecule has 0 saturated heterocycles. The van der Waals surface area contributed by atoms with E-state index in [1.807, 2.05) is 6.07 Å². The summed E-state index contributed by atoms with van der Waals surface area (Å²) in [5.74, 6) is 1.22. The third-order valence-corrected chi connectivity index (χ3v) is 4.34. The number of hydrogen-bond acceptors (Lipinski definition) is 2. The summed E-state index contributed by atoms with van der Waals surface area (Å²) in [5.41, 5.74) is 3.91. The molecule has 4 rings (SSSR count). The molecule has 2 aliphatic heterocycles. The first kappa shape index (κ1) is 12.0. The molecule has 3 heteroatoms. The average Bonchev–Trinajstić information content (AvgIpc) is 2.92. The second-order valence-electron chi connectivity index (χ2n) is 5.36. The molecule has 0 radical (unpaired) electrons. The number of fused-ring (bicyclic) bond motifs is 3. The number of nitrogens with zero attached hydrogens (tertiary/aromatic N) is 2. The van der Waals surface area contributed by atoms with Crippen LogP contribution in [0.2, 0.25) is 5.02 Å². The van der Waals surface area contributed by atoms with Gasteiger partial charge in [0.25, 0.3) is 0 Å². The van der Waals surface area contributed by atoms with Gasteiger partial charge in [0.1, 0.15) is 5.84 Å². The van der Waals surface area contributed by atoms with Crippen LogP contribution in [0.4, 0.5) is 5.69 Å². The fraction of sp³-hybridized carbons (Fsp3) is 0.235. The molecular formula is C17H15ClN2. The Morgan fingerprint density at radius 2 is 1.90 bits per heavy atom. The van der Waals surface area contributed by atoms with Gasteiger partial charge in [-0.2, -0.15) is 0 Å². The molecule has 2 heterocycles. The van der Waals surface area contributed by atoms with Gasteiger partial charge < -0.3 is 4.90 Å². The van der Waals surface area contributed by atoms with Gasteiger partial charge in [0.05, 0.1) is 12.6 Å². The number of amidine groups is 1. The molecule has 0 spiro atoms. The first-order valence-corrected chi connectivity index (χ1v) is 7.36. The van der Waals surface area contributed by atoms with E-state index >= 15 is 0 Å². The van der Waals surface area contributed by atoms with Gasteiger partial charge in [-0.1, -0.05) is 41.9 Å². The van der Waals surface area contributed by atoms with E-state index in [1.165, 1.54) is 22.6 Å². The highest BCUT2D eigenvalue weighted by Crippen LogP contribution is 2.36. The number of hydrogen-bond donors (Lipinski definition) is 0. The van der Waals surface area contributed by atoms with E-state index in [2.05, 4.69) is 47.4 Å². The smallest absolute Gasteiger partial charge is 0.105 e.